The third-order valence-electron chi connectivity index (χ3n) is 4.35. The third kappa shape index (κ3) is 5.14. The molecule has 0 aromatic heterocycles. The highest BCUT2D eigenvalue weighted by Gasteiger charge is 2.38. The summed E-state index contributed by atoms with van der Waals surface area (Å²) in [5.74, 6) is 1.02. The Balaban J connectivity index is 0.00000312. The number of hydrogen-bond acceptors (Lipinski definition) is 5. The molecule has 25 heavy (non-hydrogen) atoms. The first-order valence-electron chi connectivity index (χ1n) is 8.11. The van der Waals surface area contributed by atoms with Crippen LogP contribution in [0.15, 0.2) is 12.1 Å². The van der Waals surface area contributed by atoms with E-state index in [1.807, 2.05) is 13.0 Å². The molecule has 0 atom stereocenters. The van der Waals surface area contributed by atoms with E-state index in [2.05, 4.69) is 5.32 Å². The lowest BCUT2D eigenvalue weighted by Gasteiger charge is -2.34. The largest absolute Gasteiger partial charge is 0.493 e. The van der Waals surface area contributed by atoms with Gasteiger partial charge < -0.3 is 25.3 Å². The number of methoxy groups -OCH3 is 1. The fourth-order valence-electron chi connectivity index (χ4n) is 2.82. The molecule has 1 aromatic rings. The van der Waals surface area contributed by atoms with Crippen molar-refractivity contribution in [3.05, 3.63) is 22.7 Å². The van der Waals surface area contributed by atoms with E-state index in [4.69, 9.17) is 31.5 Å². The average Bonchev–Trinajstić information content (AvgIpc) is 2.62. The van der Waals surface area contributed by atoms with Gasteiger partial charge in [-0.15, -0.1) is 12.4 Å². The van der Waals surface area contributed by atoms with Crippen molar-refractivity contribution >= 4 is 29.9 Å². The van der Waals surface area contributed by atoms with Crippen LogP contribution in [0.5, 0.6) is 11.5 Å². The molecular weight excluding hydrogens is 367 g/mol. The van der Waals surface area contributed by atoms with Gasteiger partial charge in [0.05, 0.1) is 24.2 Å². The number of hydrogen-bond donors (Lipinski definition) is 2. The van der Waals surface area contributed by atoms with Gasteiger partial charge in [0.15, 0.2) is 11.5 Å². The van der Waals surface area contributed by atoms with E-state index in [0.717, 1.165) is 5.56 Å². The van der Waals surface area contributed by atoms with E-state index < -0.39 is 5.41 Å². The topological polar surface area (TPSA) is 82.8 Å². The van der Waals surface area contributed by atoms with Crippen LogP contribution in [0, 0.1) is 5.41 Å². The monoisotopic (exact) mass is 392 g/mol. The number of amides is 1. The first-order valence-corrected chi connectivity index (χ1v) is 8.49. The van der Waals surface area contributed by atoms with Crippen LogP contribution in [0.25, 0.3) is 0 Å². The van der Waals surface area contributed by atoms with Crippen LogP contribution in [0.1, 0.15) is 25.3 Å². The number of nitrogens with one attached hydrogen (secondary N) is 1. The van der Waals surface area contributed by atoms with E-state index in [1.165, 1.54) is 0 Å². The summed E-state index contributed by atoms with van der Waals surface area (Å²) in [6.07, 6.45) is 1.28. The summed E-state index contributed by atoms with van der Waals surface area (Å²) in [5.41, 5.74) is 6.15. The number of ether oxygens (including phenoxy) is 3. The molecule has 1 aromatic carbocycles. The number of benzene rings is 1. The predicted molar refractivity (Wildman–Crippen MR) is 99.8 cm³/mol. The van der Waals surface area contributed by atoms with E-state index in [0.29, 0.717) is 62.3 Å². The standard InChI is InChI=1S/C17H25ClN2O4.ClH/c1-3-24-15-13(18)8-12(9-14(15)22-2)10-20-16(21)17(11-19)4-6-23-7-5-17;/h8-9H,3-7,10-11,19H2,1-2H3,(H,20,21);1H. The zero-order valence-electron chi connectivity index (χ0n) is 14.6. The maximum Gasteiger partial charge on any atom is 0.227 e. The summed E-state index contributed by atoms with van der Waals surface area (Å²) in [5, 5.41) is 3.42. The molecule has 0 radical (unpaired) electrons. The Morgan fingerprint density at radius 3 is 2.64 bits per heavy atom. The molecule has 0 saturated carbocycles. The molecule has 3 N–H and O–H groups in total. The Labute approximate surface area is 159 Å². The van der Waals surface area contributed by atoms with Crippen LogP contribution in [0.4, 0.5) is 0 Å². The minimum Gasteiger partial charge on any atom is -0.493 e. The smallest absolute Gasteiger partial charge is 0.227 e. The Morgan fingerprint density at radius 1 is 1.40 bits per heavy atom. The van der Waals surface area contributed by atoms with Gasteiger partial charge in [-0.2, -0.15) is 0 Å². The number of rotatable bonds is 7. The fraction of sp³-hybridized carbons (Fsp3) is 0.588. The SMILES string of the molecule is CCOc1c(Cl)cc(CNC(=O)C2(CN)CCOCC2)cc1OC.Cl. The fourth-order valence-corrected chi connectivity index (χ4v) is 3.10. The molecule has 0 spiro atoms. The highest BCUT2D eigenvalue weighted by molar-refractivity contribution is 6.32. The Morgan fingerprint density at radius 2 is 2.08 bits per heavy atom. The summed E-state index contributed by atoms with van der Waals surface area (Å²) in [6.45, 7) is 4.16. The maximum absolute atomic E-state index is 12.6. The van der Waals surface area contributed by atoms with Gasteiger partial charge in [-0.25, -0.2) is 0 Å². The van der Waals surface area contributed by atoms with Gasteiger partial charge in [0.2, 0.25) is 5.91 Å². The van der Waals surface area contributed by atoms with Crippen LogP contribution in [0.3, 0.4) is 0 Å². The lowest BCUT2D eigenvalue weighted by atomic mass is 9.79. The zero-order chi connectivity index (χ0) is 17.6. The minimum absolute atomic E-state index is 0. The Kier molecular flexibility index (Phi) is 8.79. The number of nitrogens with two attached hydrogens (primary N) is 1. The number of halogens is 2. The van der Waals surface area contributed by atoms with Crippen LogP contribution in [0.2, 0.25) is 5.02 Å². The molecule has 1 amide bonds. The van der Waals surface area contributed by atoms with Crippen LogP contribution < -0.4 is 20.5 Å². The van der Waals surface area contributed by atoms with Crippen molar-refractivity contribution in [1.29, 1.82) is 0 Å². The molecule has 142 valence electrons. The molecule has 0 aliphatic carbocycles. The quantitative estimate of drug-likeness (QED) is 0.744. The predicted octanol–water partition coefficient (Wildman–Crippen LogP) is 2.54. The average molecular weight is 393 g/mol. The molecule has 2 rings (SSSR count). The minimum atomic E-state index is -0.544. The van der Waals surface area contributed by atoms with Crippen LogP contribution in [-0.2, 0) is 16.1 Å². The maximum atomic E-state index is 12.6. The van der Waals surface area contributed by atoms with Crippen molar-refractivity contribution in [1.82, 2.24) is 5.32 Å². The third-order valence-corrected chi connectivity index (χ3v) is 4.63. The summed E-state index contributed by atoms with van der Waals surface area (Å²) >= 11 is 6.26. The molecule has 0 unspecified atom stereocenters. The second-order valence-corrected chi connectivity index (χ2v) is 6.23. The van der Waals surface area contributed by atoms with Crippen molar-refractivity contribution < 1.29 is 19.0 Å². The highest BCUT2D eigenvalue weighted by Crippen LogP contribution is 2.36. The molecule has 8 heteroatoms. The van der Waals surface area contributed by atoms with Crippen LogP contribution >= 0.6 is 24.0 Å². The molecule has 1 aliphatic heterocycles. The van der Waals surface area contributed by atoms with E-state index in [1.54, 1.807) is 13.2 Å². The van der Waals surface area contributed by atoms with Gasteiger partial charge in [0.25, 0.3) is 0 Å². The first-order chi connectivity index (χ1) is 11.6. The van der Waals surface area contributed by atoms with Gasteiger partial charge in [0.1, 0.15) is 0 Å². The molecule has 6 nitrogen and oxygen atoms in total. The lowest BCUT2D eigenvalue weighted by Crippen LogP contribution is -2.48. The van der Waals surface area contributed by atoms with E-state index in [9.17, 15) is 4.79 Å². The summed E-state index contributed by atoms with van der Waals surface area (Å²) in [7, 11) is 1.56. The van der Waals surface area contributed by atoms with Gasteiger partial charge in [0, 0.05) is 26.3 Å². The normalized spacial score (nSPS) is 15.8. The second-order valence-electron chi connectivity index (χ2n) is 5.82. The number of carbonyl (C=O) groups is 1. The van der Waals surface area contributed by atoms with E-state index in [-0.39, 0.29) is 18.3 Å². The van der Waals surface area contributed by atoms with Crippen molar-refractivity contribution in [2.45, 2.75) is 26.3 Å². The Bertz CT molecular complexity index is 578. The van der Waals surface area contributed by atoms with Gasteiger partial charge in [-0.1, -0.05) is 11.6 Å². The van der Waals surface area contributed by atoms with Crippen molar-refractivity contribution in [3.63, 3.8) is 0 Å². The van der Waals surface area contributed by atoms with Crippen molar-refractivity contribution in [3.8, 4) is 11.5 Å². The molecule has 1 saturated heterocycles. The number of carbonyl (C=O) groups excluding carboxylic acids is 1. The first kappa shape index (κ1) is 21.8. The molecular formula is C17H26Cl2N2O4. The molecule has 0 bridgehead atoms. The van der Waals surface area contributed by atoms with Crippen molar-refractivity contribution in [2.75, 3.05) is 33.5 Å². The second kappa shape index (κ2) is 10.1. The zero-order valence-corrected chi connectivity index (χ0v) is 16.2. The van der Waals surface area contributed by atoms with Gasteiger partial charge in [-0.3, -0.25) is 4.79 Å². The molecule has 1 fully saturated rings. The van der Waals surface area contributed by atoms with Gasteiger partial charge >= 0.3 is 0 Å². The summed E-state index contributed by atoms with van der Waals surface area (Å²) in [6, 6.07) is 3.59. The lowest BCUT2D eigenvalue weighted by molar-refractivity contribution is -0.136. The van der Waals surface area contributed by atoms with Crippen LogP contribution in [-0.4, -0.2) is 39.4 Å². The molecule has 1 heterocycles. The molecule has 1 aliphatic rings. The highest BCUT2D eigenvalue weighted by atomic mass is 35.5. The van der Waals surface area contributed by atoms with Gasteiger partial charge in [-0.05, 0) is 37.5 Å². The Hall–Kier alpha value is -1.21. The summed E-state index contributed by atoms with van der Waals surface area (Å²) in [4.78, 5) is 12.6. The van der Waals surface area contributed by atoms with E-state index >= 15 is 0 Å². The van der Waals surface area contributed by atoms with Crippen molar-refractivity contribution in [2.24, 2.45) is 11.1 Å². The summed E-state index contributed by atoms with van der Waals surface area (Å²) < 4.78 is 16.2.